The minimum atomic E-state index is 0.180. The summed E-state index contributed by atoms with van der Waals surface area (Å²) in [6.45, 7) is 4.96. The van der Waals surface area contributed by atoms with Gasteiger partial charge in [-0.25, -0.2) is 0 Å². The predicted molar refractivity (Wildman–Crippen MR) is 74.9 cm³/mol. The second kappa shape index (κ2) is 6.43. The van der Waals surface area contributed by atoms with Crippen LogP contribution in [0.2, 0.25) is 0 Å². The summed E-state index contributed by atoms with van der Waals surface area (Å²) >= 11 is 0. The molecule has 1 amide bonds. The van der Waals surface area contributed by atoms with Crippen molar-refractivity contribution in [2.75, 3.05) is 24.5 Å². The number of hydrogen-bond acceptors (Lipinski definition) is 2. The Morgan fingerprint density at radius 2 is 2.22 bits per heavy atom. The minimum Gasteiger partial charge on any atom is -0.371 e. The van der Waals surface area contributed by atoms with E-state index in [1.54, 1.807) is 0 Å². The molecule has 1 aromatic rings. The summed E-state index contributed by atoms with van der Waals surface area (Å²) in [6, 6.07) is 8.60. The van der Waals surface area contributed by atoms with Crippen LogP contribution < -0.4 is 10.2 Å². The van der Waals surface area contributed by atoms with Gasteiger partial charge < -0.3 is 10.2 Å². The highest BCUT2D eigenvalue weighted by Gasteiger charge is 2.17. The molecule has 0 saturated carbocycles. The fraction of sp³-hybridized carbons (Fsp3) is 0.533. The Morgan fingerprint density at radius 3 is 3.06 bits per heavy atom. The summed E-state index contributed by atoms with van der Waals surface area (Å²) in [7, 11) is 0. The molecule has 0 atom stereocenters. The van der Waals surface area contributed by atoms with E-state index in [2.05, 4.69) is 34.5 Å². The summed E-state index contributed by atoms with van der Waals surface area (Å²) in [5.41, 5.74) is 2.82. The van der Waals surface area contributed by atoms with Crippen molar-refractivity contribution in [3.63, 3.8) is 0 Å². The number of para-hydroxylation sites is 1. The summed E-state index contributed by atoms with van der Waals surface area (Å²) in [4.78, 5) is 13.7. The van der Waals surface area contributed by atoms with Crippen LogP contribution in [0, 0.1) is 0 Å². The quantitative estimate of drug-likeness (QED) is 0.781. The third-order valence-corrected chi connectivity index (χ3v) is 3.39. The molecule has 0 aliphatic carbocycles. The van der Waals surface area contributed by atoms with E-state index >= 15 is 0 Å². The lowest BCUT2D eigenvalue weighted by Crippen LogP contribution is -2.28. The van der Waals surface area contributed by atoms with Crippen molar-refractivity contribution in [1.82, 2.24) is 5.32 Å². The van der Waals surface area contributed by atoms with Crippen LogP contribution in [0.25, 0.3) is 0 Å². The Labute approximate surface area is 109 Å². The number of nitrogens with one attached hydrogen (secondary N) is 1. The van der Waals surface area contributed by atoms with Crippen LogP contribution in [0.1, 0.15) is 31.7 Å². The highest BCUT2D eigenvalue weighted by Crippen LogP contribution is 2.27. The first-order valence-electron chi connectivity index (χ1n) is 6.91. The molecule has 2 rings (SSSR count). The van der Waals surface area contributed by atoms with Crippen LogP contribution in [0.3, 0.4) is 0 Å². The molecule has 1 aromatic carbocycles. The van der Waals surface area contributed by atoms with Gasteiger partial charge in [0.05, 0.1) is 0 Å². The number of nitrogens with zero attached hydrogens (tertiary/aromatic N) is 1. The van der Waals surface area contributed by atoms with E-state index in [9.17, 15) is 4.79 Å². The Hall–Kier alpha value is -1.51. The van der Waals surface area contributed by atoms with Gasteiger partial charge >= 0.3 is 0 Å². The molecule has 0 spiro atoms. The normalized spacial score (nSPS) is 13.5. The molecule has 0 saturated heterocycles. The van der Waals surface area contributed by atoms with Crippen LogP contribution >= 0.6 is 0 Å². The molecule has 1 aliphatic rings. The zero-order chi connectivity index (χ0) is 12.8. The molecule has 98 valence electrons. The van der Waals surface area contributed by atoms with E-state index in [1.807, 2.05) is 6.92 Å². The Balaban J connectivity index is 1.71. The molecule has 0 aromatic heterocycles. The number of hydrogen-bond donors (Lipinski definition) is 1. The number of carbonyl (C=O) groups is 1. The smallest absolute Gasteiger partial charge is 0.219 e. The first-order chi connectivity index (χ1) is 8.81. The summed E-state index contributed by atoms with van der Waals surface area (Å²) in [5.74, 6) is 0.180. The molecule has 1 N–H and O–H groups in total. The van der Waals surface area contributed by atoms with Gasteiger partial charge in [-0.1, -0.05) is 25.1 Å². The third kappa shape index (κ3) is 3.25. The summed E-state index contributed by atoms with van der Waals surface area (Å²) in [5, 5.41) is 2.97. The van der Waals surface area contributed by atoms with Crippen molar-refractivity contribution in [2.45, 2.75) is 32.6 Å². The van der Waals surface area contributed by atoms with Crippen molar-refractivity contribution in [2.24, 2.45) is 0 Å². The molecule has 18 heavy (non-hydrogen) atoms. The zero-order valence-electron chi connectivity index (χ0n) is 11.1. The Kier molecular flexibility index (Phi) is 4.62. The van der Waals surface area contributed by atoms with Crippen molar-refractivity contribution >= 4 is 11.6 Å². The monoisotopic (exact) mass is 246 g/mol. The maximum atomic E-state index is 11.3. The number of fused-ring (bicyclic) bond motifs is 1. The van der Waals surface area contributed by atoms with Gasteiger partial charge in [0.15, 0.2) is 0 Å². The SMILES string of the molecule is CCCC(=O)NCCCN1CCc2ccccc21. The topological polar surface area (TPSA) is 32.3 Å². The van der Waals surface area contributed by atoms with Crippen LogP contribution in [-0.2, 0) is 11.2 Å². The molecule has 3 heteroatoms. The number of amides is 1. The highest BCUT2D eigenvalue weighted by molar-refractivity contribution is 5.75. The molecule has 3 nitrogen and oxygen atoms in total. The summed E-state index contributed by atoms with van der Waals surface area (Å²) < 4.78 is 0. The maximum absolute atomic E-state index is 11.3. The average Bonchev–Trinajstić information content (AvgIpc) is 2.78. The van der Waals surface area contributed by atoms with E-state index in [-0.39, 0.29) is 5.91 Å². The van der Waals surface area contributed by atoms with Gasteiger partial charge in [0, 0.05) is 31.7 Å². The first-order valence-corrected chi connectivity index (χ1v) is 6.91. The molecular weight excluding hydrogens is 224 g/mol. The van der Waals surface area contributed by atoms with Gasteiger partial charge in [0.2, 0.25) is 5.91 Å². The van der Waals surface area contributed by atoms with Crippen LogP contribution in [0.5, 0.6) is 0 Å². The lowest BCUT2D eigenvalue weighted by molar-refractivity contribution is -0.121. The second-order valence-electron chi connectivity index (χ2n) is 4.82. The molecule has 0 unspecified atom stereocenters. The molecule has 0 bridgehead atoms. The number of benzene rings is 1. The van der Waals surface area contributed by atoms with Gasteiger partial charge in [0.1, 0.15) is 0 Å². The Morgan fingerprint density at radius 1 is 1.39 bits per heavy atom. The van der Waals surface area contributed by atoms with E-state index in [4.69, 9.17) is 0 Å². The average molecular weight is 246 g/mol. The van der Waals surface area contributed by atoms with E-state index < -0.39 is 0 Å². The Bertz CT molecular complexity index is 403. The lowest BCUT2D eigenvalue weighted by Gasteiger charge is -2.19. The number of rotatable bonds is 6. The van der Waals surface area contributed by atoms with Gasteiger partial charge in [-0.15, -0.1) is 0 Å². The molecule has 0 radical (unpaired) electrons. The van der Waals surface area contributed by atoms with E-state index in [1.165, 1.54) is 11.3 Å². The second-order valence-corrected chi connectivity index (χ2v) is 4.82. The number of anilines is 1. The summed E-state index contributed by atoms with van der Waals surface area (Å²) in [6.07, 6.45) is 3.74. The third-order valence-electron chi connectivity index (χ3n) is 3.39. The van der Waals surface area contributed by atoms with Gasteiger partial charge in [-0.05, 0) is 30.9 Å². The fourth-order valence-corrected chi connectivity index (χ4v) is 2.45. The fourth-order valence-electron chi connectivity index (χ4n) is 2.45. The van der Waals surface area contributed by atoms with Crippen molar-refractivity contribution in [3.05, 3.63) is 29.8 Å². The highest BCUT2D eigenvalue weighted by atomic mass is 16.1. The zero-order valence-corrected chi connectivity index (χ0v) is 11.1. The van der Waals surface area contributed by atoms with E-state index in [0.717, 1.165) is 38.9 Å². The van der Waals surface area contributed by atoms with Crippen molar-refractivity contribution in [3.8, 4) is 0 Å². The maximum Gasteiger partial charge on any atom is 0.219 e. The molecule has 1 aliphatic heterocycles. The van der Waals surface area contributed by atoms with Crippen LogP contribution in [0.15, 0.2) is 24.3 Å². The molecular formula is C15H22N2O. The first kappa shape index (κ1) is 12.9. The minimum absolute atomic E-state index is 0.180. The number of carbonyl (C=O) groups excluding carboxylic acids is 1. The van der Waals surface area contributed by atoms with Crippen LogP contribution in [-0.4, -0.2) is 25.5 Å². The van der Waals surface area contributed by atoms with Crippen molar-refractivity contribution < 1.29 is 4.79 Å². The van der Waals surface area contributed by atoms with Gasteiger partial charge in [-0.3, -0.25) is 4.79 Å². The van der Waals surface area contributed by atoms with Crippen molar-refractivity contribution in [1.29, 1.82) is 0 Å². The van der Waals surface area contributed by atoms with Gasteiger partial charge in [0.25, 0.3) is 0 Å². The molecule has 1 heterocycles. The standard InChI is InChI=1S/C15H22N2O/c1-2-6-15(18)16-10-5-11-17-12-9-13-7-3-4-8-14(13)17/h3-4,7-8H,2,5-6,9-12H2,1H3,(H,16,18). The lowest BCUT2D eigenvalue weighted by atomic mass is 10.2. The largest absolute Gasteiger partial charge is 0.371 e. The van der Waals surface area contributed by atoms with Crippen LogP contribution in [0.4, 0.5) is 5.69 Å². The van der Waals surface area contributed by atoms with E-state index in [0.29, 0.717) is 6.42 Å². The molecule has 0 fully saturated rings. The predicted octanol–water partition coefficient (Wildman–Crippen LogP) is 2.36. The van der Waals surface area contributed by atoms with Gasteiger partial charge in [-0.2, -0.15) is 0 Å².